The molecule has 7 heteroatoms. The van der Waals surface area contributed by atoms with E-state index >= 15 is 0 Å². The Balaban J connectivity index is 1.56. The summed E-state index contributed by atoms with van der Waals surface area (Å²) in [5.74, 6) is 1.01. The Kier molecular flexibility index (Phi) is 5.71. The van der Waals surface area contributed by atoms with Crippen molar-refractivity contribution in [3.05, 3.63) is 68.4 Å². The van der Waals surface area contributed by atoms with Crippen LogP contribution < -0.4 is 14.9 Å². The quantitative estimate of drug-likeness (QED) is 0.697. The van der Waals surface area contributed by atoms with Crippen LogP contribution in [-0.2, 0) is 11.3 Å². The first-order valence-electron chi connectivity index (χ1n) is 8.58. The zero-order valence-corrected chi connectivity index (χ0v) is 16.3. The predicted octanol–water partition coefficient (Wildman–Crippen LogP) is 4.05. The molecule has 0 fully saturated rings. The molecule has 3 aromatic rings. The molecule has 1 N–H and O–H groups in total. The molecule has 0 unspecified atom stereocenters. The summed E-state index contributed by atoms with van der Waals surface area (Å²) in [6.07, 6.45) is 1.77. The van der Waals surface area contributed by atoms with E-state index in [1.165, 1.54) is 5.56 Å². The van der Waals surface area contributed by atoms with Crippen molar-refractivity contribution in [1.82, 2.24) is 9.55 Å². The van der Waals surface area contributed by atoms with Crippen molar-refractivity contribution in [2.45, 2.75) is 33.7 Å². The summed E-state index contributed by atoms with van der Waals surface area (Å²) in [7, 11) is 0. The average molecular weight is 383 g/mol. The molecular formula is C20H21N3O3S. The molecule has 0 bridgehead atoms. The summed E-state index contributed by atoms with van der Waals surface area (Å²) in [6.45, 7) is 6.29. The zero-order chi connectivity index (χ0) is 19.4. The first-order chi connectivity index (χ1) is 12.9. The van der Waals surface area contributed by atoms with Crippen molar-refractivity contribution in [1.29, 1.82) is 0 Å². The molecule has 2 aromatic heterocycles. The summed E-state index contributed by atoms with van der Waals surface area (Å²) in [6, 6.07) is 9.30. The molecule has 140 valence electrons. The number of nitrogens with zero attached hydrogens (tertiary/aromatic N) is 2. The molecule has 3 rings (SSSR count). The second-order valence-corrected chi connectivity index (χ2v) is 7.15. The third kappa shape index (κ3) is 4.83. The molecule has 0 aliphatic carbocycles. The van der Waals surface area contributed by atoms with Gasteiger partial charge in [0.15, 0.2) is 0 Å². The summed E-state index contributed by atoms with van der Waals surface area (Å²) >= 11 is 1.14. The fourth-order valence-electron chi connectivity index (χ4n) is 2.52. The Morgan fingerprint density at radius 1 is 1.19 bits per heavy atom. The van der Waals surface area contributed by atoms with E-state index in [0.29, 0.717) is 18.1 Å². The molecule has 1 amide bonds. The van der Waals surface area contributed by atoms with Crippen molar-refractivity contribution in [2.75, 3.05) is 5.32 Å². The van der Waals surface area contributed by atoms with E-state index in [0.717, 1.165) is 28.3 Å². The fourth-order valence-corrected chi connectivity index (χ4v) is 3.29. The second kappa shape index (κ2) is 8.18. The highest BCUT2D eigenvalue weighted by atomic mass is 32.1. The summed E-state index contributed by atoms with van der Waals surface area (Å²) in [4.78, 5) is 27.9. The number of benzene rings is 1. The Morgan fingerprint density at radius 2 is 2.00 bits per heavy atom. The molecule has 1 aromatic carbocycles. The maximum absolute atomic E-state index is 12.1. The van der Waals surface area contributed by atoms with Gasteiger partial charge < -0.3 is 14.6 Å². The van der Waals surface area contributed by atoms with Gasteiger partial charge in [0.2, 0.25) is 11.8 Å². The van der Waals surface area contributed by atoms with Crippen molar-refractivity contribution >= 4 is 22.9 Å². The van der Waals surface area contributed by atoms with E-state index in [4.69, 9.17) is 4.74 Å². The monoisotopic (exact) mass is 383 g/mol. The lowest BCUT2D eigenvalue weighted by Gasteiger charge is -2.09. The highest BCUT2D eigenvalue weighted by Gasteiger charge is 2.08. The van der Waals surface area contributed by atoms with Crippen molar-refractivity contribution < 1.29 is 9.53 Å². The van der Waals surface area contributed by atoms with Crippen molar-refractivity contribution in [2.24, 2.45) is 0 Å². The van der Waals surface area contributed by atoms with Crippen LogP contribution in [0.1, 0.15) is 23.2 Å². The molecule has 0 aliphatic heterocycles. The first kappa shape index (κ1) is 18.8. The molecule has 0 spiro atoms. The summed E-state index contributed by atoms with van der Waals surface area (Å²) < 4.78 is 7.34. The number of ether oxygens (including phenoxy) is 1. The van der Waals surface area contributed by atoms with E-state index in [1.807, 2.05) is 39.0 Å². The largest absolute Gasteiger partial charge is 0.439 e. The highest BCUT2D eigenvalue weighted by Crippen LogP contribution is 2.23. The number of hydrogen-bond donors (Lipinski definition) is 1. The van der Waals surface area contributed by atoms with Crippen LogP contribution in [0.2, 0.25) is 0 Å². The molecule has 0 radical (unpaired) electrons. The van der Waals surface area contributed by atoms with Crippen LogP contribution in [0.5, 0.6) is 11.6 Å². The van der Waals surface area contributed by atoms with Gasteiger partial charge in [-0.05, 0) is 50.1 Å². The third-order valence-corrected chi connectivity index (χ3v) is 5.14. The van der Waals surface area contributed by atoms with Gasteiger partial charge in [0.25, 0.3) is 0 Å². The number of anilines is 1. The van der Waals surface area contributed by atoms with Gasteiger partial charge in [0, 0.05) is 30.1 Å². The number of rotatable bonds is 6. The maximum atomic E-state index is 12.1. The second-order valence-electron chi connectivity index (χ2n) is 6.33. The Bertz CT molecular complexity index is 1010. The van der Waals surface area contributed by atoms with Gasteiger partial charge in [-0.1, -0.05) is 17.4 Å². The van der Waals surface area contributed by atoms with Gasteiger partial charge in [-0.25, -0.2) is 4.98 Å². The van der Waals surface area contributed by atoms with Crippen LogP contribution in [0.3, 0.4) is 0 Å². The van der Waals surface area contributed by atoms with Gasteiger partial charge in [-0.15, -0.1) is 0 Å². The fraction of sp³-hybridized carbons (Fsp3) is 0.250. The van der Waals surface area contributed by atoms with E-state index < -0.39 is 0 Å². The minimum absolute atomic E-state index is 0.0465. The van der Waals surface area contributed by atoms with Gasteiger partial charge in [-0.3, -0.25) is 9.59 Å². The molecule has 0 atom stereocenters. The molecule has 0 saturated heterocycles. The van der Waals surface area contributed by atoms with Crippen molar-refractivity contribution in [3.8, 4) is 11.6 Å². The summed E-state index contributed by atoms with van der Waals surface area (Å²) in [5, 5.41) is 4.57. The molecule has 0 aliphatic rings. The van der Waals surface area contributed by atoms with Gasteiger partial charge in [0.05, 0.1) is 11.9 Å². The Hall–Kier alpha value is -2.93. The number of nitrogens with one attached hydrogen (secondary N) is 1. The number of pyridine rings is 1. The minimum atomic E-state index is -0.169. The van der Waals surface area contributed by atoms with Crippen LogP contribution in [0, 0.1) is 20.8 Å². The van der Waals surface area contributed by atoms with Crippen LogP contribution in [0.25, 0.3) is 0 Å². The smallest absolute Gasteiger partial charge is 0.307 e. The SMILES string of the molecule is Cc1ccc(Oc2ccc(NC(=O)CCn3c(C)csc3=O)cn2)cc1C. The van der Waals surface area contributed by atoms with Crippen LogP contribution in [0.15, 0.2) is 46.7 Å². The van der Waals surface area contributed by atoms with E-state index in [1.54, 1.807) is 28.3 Å². The van der Waals surface area contributed by atoms with Gasteiger partial charge >= 0.3 is 4.87 Å². The lowest BCUT2D eigenvalue weighted by Crippen LogP contribution is -2.20. The third-order valence-electron chi connectivity index (χ3n) is 4.26. The molecule has 27 heavy (non-hydrogen) atoms. The number of aromatic nitrogens is 2. The molecule has 6 nitrogen and oxygen atoms in total. The molecule has 2 heterocycles. The van der Waals surface area contributed by atoms with Gasteiger partial charge in [-0.2, -0.15) is 0 Å². The number of hydrogen-bond acceptors (Lipinski definition) is 5. The molecule has 0 saturated carbocycles. The average Bonchev–Trinajstić information content (AvgIpc) is 2.96. The number of carbonyl (C=O) groups excluding carboxylic acids is 1. The van der Waals surface area contributed by atoms with Crippen LogP contribution in [-0.4, -0.2) is 15.5 Å². The van der Waals surface area contributed by atoms with Crippen molar-refractivity contribution in [3.63, 3.8) is 0 Å². The van der Waals surface area contributed by atoms with E-state index in [-0.39, 0.29) is 17.2 Å². The van der Waals surface area contributed by atoms with E-state index in [2.05, 4.69) is 10.3 Å². The lowest BCUT2D eigenvalue weighted by atomic mass is 10.1. The highest BCUT2D eigenvalue weighted by molar-refractivity contribution is 7.07. The Morgan fingerprint density at radius 3 is 2.63 bits per heavy atom. The Labute approximate surface area is 161 Å². The number of carbonyl (C=O) groups is 1. The lowest BCUT2D eigenvalue weighted by molar-refractivity contribution is -0.116. The van der Waals surface area contributed by atoms with Crippen LogP contribution in [0.4, 0.5) is 5.69 Å². The number of aryl methyl sites for hydroxylation is 3. The number of thiazole rings is 1. The standard InChI is InChI=1S/C20H21N3O3S/c1-13-4-6-17(10-14(13)2)26-19-7-5-16(11-21-19)22-18(24)8-9-23-15(3)12-27-20(23)25/h4-7,10-12H,8-9H2,1-3H3,(H,22,24). The predicted molar refractivity (Wildman–Crippen MR) is 107 cm³/mol. The zero-order valence-electron chi connectivity index (χ0n) is 15.5. The van der Waals surface area contributed by atoms with Crippen LogP contribution >= 0.6 is 11.3 Å². The topological polar surface area (TPSA) is 73.2 Å². The molecular weight excluding hydrogens is 362 g/mol. The normalized spacial score (nSPS) is 10.6. The minimum Gasteiger partial charge on any atom is -0.439 e. The first-order valence-corrected chi connectivity index (χ1v) is 9.46. The number of amides is 1. The summed E-state index contributed by atoms with van der Waals surface area (Å²) in [5.41, 5.74) is 3.80. The van der Waals surface area contributed by atoms with E-state index in [9.17, 15) is 9.59 Å². The maximum Gasteiger partial charge on any atom is 0.307 e. The van der Waals surface area contributed by atoms with Gasteiger partial charge in [0.1, 0.15) is 5.75 Å².